The lowest BCUT2D eigenvalue weighted by Crippen LogP contribution is -2.45. The third kappa shape index (κ3) is 5.79. The Balaban J connectivity index is 1.70. The Hall–Kier alpha value is -2.45. The number of hydrogen-bond acceptors (Lipinski definition) is 6. The molecule has 1 saturated heterocycles. The monoisotopic (exact) mass is 451 g/mol. The number of aromatic nitrogens is 3. The van der Waals surface area contributed by atoms with Crippen molar-refractivity contribution in [1.82, 2.24) is 19.9 Å². The quantitative estimate of drug-likeness (QED) is 0.740. The Morgan fingerprint density at radius 3 is 2.70 bits per heavy atom. The lowest BCUT2D eigenvalue weighted by molar-refractivity contribution is -0.121. The second kappa shape index (κ2) is 9.14. The summed E-state index contributed by atoms with van der Waals surface area (Å²) in [4.78, 5) is 39.1. The first-order chi connectivity index (χ1) is 14.1. The number of rotatable bonds is 3. The van der Waals surface area contributed by atoms with Crippen molar-refractivity contribution < 1.29 is 14.3 Å². The zero-order valence-corrected chi connectivity index (χ0v) is 18.5. The maximum absolute atomic E-state index is 12.8. The number of ether oxygens (including phenoxy) is 1. The predicted molar refractivity (Wildman–Crippen MR) is 114 cm³/mol. The number of anilines is 1. The summed E-state index contributed by atoms with van der Waals surface area (Å²) in [5.74, 6) is -0.255. The molecule has 0 saturated carbocycles. The van der Waals surface area contributed by atoms with Crippen LogP contribution in [0.5, 0.6) is 0 Å². The van der Waals surface area contributed by atoms with Crippen LogP contribution in [0.15, 0.2) is 24.7 Å². The number of carbonyl (C=O) groups excluding carboxylic acids is 2. The van der Waals surface area contributed by atoms with Gasteiger partial charge in [0.15, 0.2) is 0 Å². The van der Waals surface area contributed by atoms with E-state index < -0.39 is 11.7 Å². The highest BCUT2D eigenvalue weighted by Crippen LogP contribution is 2.29. The first-order valence-electron chi connectivity index (χ1n) is 9.54. The van der Waals surface area contributed by atoms with Gasteiger partial charge < -0.3 is 15.0 Å². The molecule has 2 amide bonds. The molecule has 3 rings (SSSR count). The summed E-state index contributed by atoms with van der Waals surface area (Å²) in [5, 5.41) is 3.39. The molecule has 2 aromatic heterocycles. The molecule has 0 radical (unpaired) electrons. The molecule has 8 nitrogen and oxygen atoms in total. The van der Waals surface area contributed by atoms with Crippen LogP contribution in [0.2, 0.25) is 10.2 Å². The number of likely N-dealkylation sites (tertiary alicyclic amines) is 1. The van der Waals surface area contributed by atoms with E-state index in [0.717, 1.165) is 0 Å². The predicted octanol–water partition coefficient (Wildman–Crippen LogP) is 4.43. The third-order valence-corrected chi connectivity index (χ3v) is 4.91. The molecule has 0 aromatic carbocycles. The number of halogens is 2. The molecule has 1 aliphatic heterocycles. The highest BCUT2D eigenvalue weighted by atomic mass is 35.5. The molecule has 1 fully saturated rings. The van der Waals surface area contributed by atoms with Crippen LogP contribution in [0, 0.1) is 5.92 Å². The molecule has 1 N–H and O–H groups in total. The fourth-order valence-corrected chi connectivity index (χ4v) is 3.43. The third-order valence-electron chi connectivity index (χ3n) is 4.43. The van der Waals surface area contributed by atoms with Crippen LogP contribution in [0.4, 0.5) is 10.6 Å². The lowest BCUT2D eigenvalue weighted by Gasteiger charge is -2.33. The average Bonchev–Trinajstić information content (AvgIpc) is 2.68. The summed E-state index contributed by atoms with van der Waals surface area (Å²) in [7, 11) is 0. The second-order valence-corrected chi connectivity index (χ2v) is 8.83. The molecule has 30 heavy (non-hydrogen) atoms. The Labute approximate surface area is 185 Å². The summed E-state index contributed by atoms with van der Waals surface area (Å²) < 4.78 is 5.42. The van der Waals surface area contributed by atoms with Crippen molar-refractivity contribution in [1.29, 1.82) is 0 Å². The maximum Gasteiger partial charge on any atom is 0.410 e. The summed E-state index contributed by atoms with van der Waals surface area (Å²) >= 11 is 12.1. The van der Waals surface area contributed by atoms with E-state index in [1.807, 2.05) is 20.8 Å². The van der Waals surface area contributed by atoms with Gasteiger partial charge >= 0.3 is 6.09 Å². The zero-order valence-electron chi connectivity index (χ0n) is 17.0. The molecule has 1 aliphatic rings. The number of hydrogen-bond donors (Lipinski definition) is 1. The van der Waals surface area contributed by atoms with Crippen LogP contribution in [0.3, 0.4) is 0 Å². The van der Waals surface area contributed by atoms with Crippen molar-refractivity contribution in [3.8, 4) is 11.3 Å². The van der Waals surface area contributed by atoms with Crippen LogP contribution in [0.25, 0.3) is 11.3 Å². The van der Waals surface area contributed by atoms with Gasteiger partial charge in [-0.2, -0.15) is 0 Å². The average molecular weight is 452 g/mol. The molecular weight excluding hydrogens is 429 g/mol. The van der Waals surface area contributed by atoms with E-state index in [1.54, 1.807) is 11.0 Å². The largest absolute Gasteiger partial charge is 0.444 e. The van der Waals surface area contributed by atoms with E-state index in [-0.39, 0.29) is 17.0 Å². The van der Waals surface area contributed by atoms with Crippen molar-refractivity contribution in [3.63, 3.8) is 0 Å². The number of carbonyl (C=O) groups is 2. The number of amides is 2. The van der Waals surface area contributed by atoms with Gasteiger partial charge in [0.1, 0.15) is 16.6 Å². The van der Waals surface area contributed by atoms with Crippen LogP contribution in [-0.2, 0) is 9.53 Å². The lowest BCUT2D eigenvalue weighted by atomic mass is 9.97. The SMILES string of the molecule is CC(C)(C)OC(=O)N1CCCC(C(=O)Nc2cc(-c3cncc(Cl)n3)c(Cl)cn2)C1. The number of nitrogens with one attached hydrogen (secondary N) is 1. The van der Waals surface area contributed by atoms with Crippen LogP contribution in [0.1, 0.15) is 33.6 Å². The van der Waals surface area contributed by atoms with E-state index >= 15 is 0 Å². The zero-order chi connectivity index (χ0) is 21.9. The minimum absolute atomic E-state index is 0.221. The first-order valence-corrected chi connectivity index (χ1v) is 10.3. The van der Waals surface area contributed by atoms with Gasteiger partial charge in [-0.3, -0.25) is 9.78 Å². The Bertz CT molecular complexity index is 948. The van der Waals surface area contributed by atoms with Gasteiger partial charge in [-0.15, -0.1) is 0 Å². The van der Waals surface area contributed by atoms with Gasteiger partial charge in [0.25, 0.3) is 0 Å². The van der Waals surface area contributed by atoms with Gasteiger partial charge in [0.2, 0.25) is 5.91 Å². The molecule has 3 heterocycles. The number of pyridine rings is 1. The molecule has 0 spiro atoms. The first kappa shape index (κ1) is 22.2. The van der Waals surface area contributed by atoms with Crippen LogP contribution < -0.4 is 5.32 Å². The Morgan fingerprint density at radius 1 is 1.23 bits per heavy atom. The van der Waals surface area contributed by atoms with Gasteiger partial charge in [0.05, 0.1) is 29.0 Å². The van der Waals surface area contributed by atoms with Gasteiger partial charge in [-0.1, -0.05) is 23.2 Å². The van der Waals surface area contributed by atoms with Crippen molar-refractivity contribution >= 4 is 41.0 Å². The van der Waals surface area contributed by atoms with E-state index in [9.17, 15) is 9.59 Å². The molecule has 0 bridgehead atoms. The maximum atomic E-state index is 12.8. The molecule has 2 aromatic rings. The highest BCUT2D eigenvalue weighted by molar-refractivity contribution is 6.33. The number of nitrogens with zero attached hydrogens (tertiary/aromatic N) is 4. The number of piperidine rings is 1. The topological polar surface area (TPSA) is 97.3 Å². The van der Waals surface area contributed by atoms with E-state index in [1.165, 1.54) is 18.6 Å². The Morgan fingerprint density at radius 2 is 2.00 bits per heavy atom. The standard InChI is InChI=1S/C20H23Cl2N5O3/c1-20(2,3)30-19(29)27-6-4-5-12(11-27)18(28)26-17-7-13(14(21)8-24-17)15-9-23-10-16(22)25-15/h7-10,12H,4-6,11H2,1-3H3,(H,24,26,28). The van der Waals surface area contributed by atoms with E-state index in [4.69, 9.17) is 27.9 Å². The Kier molecular flexibility index (Phi) is 6.77. The minimum Gasteiger partial charge on any atom is -0.444 e. The van der Waals surface area contributed by atoms with E-state index in [0.29, 0.717) is 48.0 Å². The smallest absolute Gasteiger partial charge is 0.410 e. The van der Waals surface area contributed by atoms with Gasteiger partial charge in [0, 0.05) is 24.8 Å². The summed E-state index contributed by atoms with van der Waals surface area (Å²) in [6.45, 7) is 6.30. The van der Waals surface area contributed by atoms with Crippen molar-refractivity contribution in [3.05, 3.63) is 34.8 Å². The minimum atomic E-state index is -0.584. The van der Waals surface area contributed by atoms with E-state index in [2.05, 4.69) is 20.3 Å². The second-order valence-electron chi connectivity index (χ2n) is 8.03. The van der Waals surface area contributed by atoms with Crippen LogP contribution >= 0.6 is 23.2 Å². The fourth-order valence-electron chi connectivity index (χ4n) is 3.09. The summed E-state index contributed by atoms with van der Waals surface area (Å²) in [6, 6.07) is 1.62. The molecule has 0 aliphatic carbocycles. The van der Waals surface area contributed by atoms with Gasteiger partial charge in [-0.25, -0.2) is 14.8 Å². The van der Waals surface area contributed by atoms with Gasteiger partial charge in [-0.05, 0) is 39.7 Å². The van der Waals surface area contributed by atoms with Crippen molar-refractivity contribution in [2.24, 2.45) is 5.92 Å². The van der Waals surface area contributed by atoms with Crippen LogP contribution in [-0.4, -0.2) is 50.5 Å². The van der Waals surface area contributed by atoms with Crippen molar-refractivity contribution in [2.45, 2.75) is 39.2 Å². The molecule has 1 atom stereocenters. The summed E-state index contributed by atoms with van der Waals surface area (Å²) in [6.07, 6.45) is 5.36. The highest BCUT2D eigenvalue weighted by Gasteiger charge is 2.31. The molecule has 1 unspecified atom stereocenters. The molecule has 10 heteroatoms. The van der Waals surface area contributed by atoms with Crippen molar-refractivity contribution in [2.75, 3.05) is 18.4 Å². The molecular formula is C20H23Cl2N5O3. The molecule has 160 valence electrons. The summed E-state index contributed by atoms with van der Waals surface area (Å²) in [5.41, 5.74) is 0.439. The normalized spacial score (nSPS) is 16.8. The fraction of sp³-hybridized carbons (Fsp3) is 0.450.